The van der Waals surface area contributed by atoms with E-state index in [-0.39, 0.29) is 11.7 Å². The third kappa shape index (κ3) is 7.33. The Morgan fingerprint density at radius 2 is 1.70 bits per heavy atom. The van der Waals surface area contributed by atoms with Crippen LogP contribution in [0.3, 0.4) is 0 Å². The molecule has 0 aromatic carbocycles. The van der Waals surface area contributed by atoms with Gasteiger partial charge in [0.05, 0.1) is 12.5 Å². The zero-order valence-corrected chi connectivity index (χ0v) is 13.9. The molecule has 0 aliphatic rings. The summed E-state index contributed by atoms with van der Waals surface area (Å²) in [6, 6.07) is -3.51. The number of rotatable bonds is 10. The summed E-state index contributed by atoms with van der Waals surface area (Å²) in [6.45, 7) is 3.49. The van der Waals surface area contributed by atoms with E-state index < -0.39 is 48.3 Å². The highest BCUT2D eigenvalue weighted by Gasteiger charge is 2.30. The summed E-state index contributed by atoms with van der Waals surface area (Å²) in [6.07, 6.45) is -0.0415. The smallest absolute Gasteiger partial charge is 0.327 e. The number of hydrogen-bond acceptors (Lipinski definition) is 6. The minimum atomic E-state index is -1.30. The fourth-order valence-corrected chi connectivity index (χ4v) is 1.94. The Kier molecular flexibility index (Phi) is 9.27. The van der Waals surface area contributed by atoms with Crippen LogP contribution < -0.4 is 16.4 Å². The number of carbonyl (C=O) groups excluding carboxylic acids is 2. The second-order valence-electron chi connectivity index (χ2n) is 5.16. The summed E-state index contributed by atoms with van der Waals surface area (Å²) in [5.74, 6) is -4.36. The summed E-state index contributed by atoms with van der Waals surface area (Å²) >= 11 is 3.84. The van der Waals surface area contributed by atoms with Gasteiger partial charge < -0.3 is 26.6 Å². The molecule has 0 saturated heterocycles. The highest BCUT2D eigenvalue weighted by Crippen LogP contribution is 2.09. The van der Waals surface area contributed by atoms with E-state index in [1.54, 1.807) is 13.8 Å². The number of amides is 2. The predicted octanol–water partition coefficient (Wildman–Crippen LogP) is -1.18. The van der Waals surface area contributed by atoms with E-state index in [1.807, 2.05) is 0 Å². The first kappa shape index (κ1) is 21.2. The van der Waals surface area contributed by atoms with E-state index in [2.05, 4.69) is 23.3 Å². The molecule has 6 N–H and O–H groups in total. The van der Waals surface area contributed by atoms with Gasteiger partial charge in [0.2, 0.25) is 11.8 Å². The Morgan fingerprint density at radius 3 is 2.09 bits per heavy atom. The Labute approximate surface area is 139 Å². The van der Waals surface area contributed by atoms with Crippen molar-refractivity contribution in [1.29, 1.82) is 0 Å². The normalized spacial score (nSPS) is 15.8. The topological polar surface area (TPSA) is 159 Å². The number of carbonyl (C=O) groups is 4. The molecule has 23 heavy (non-hydrogen) atoms. The quantitative estimate of drug-likeness (QED) is 0.271. The number of carboxylic acids is 2. The van der Waals surface area contributed by atoms with Gasteiger partial charge in [-0.3, -0.25) is 14.4 Å². The van der Waals surface area contributed by atoms with Gasteiger partial charge in [-0.2, -0.15) is 12.6 Å². The molecule has 0 unspecified atom stereocenters. The number of nitrogens with two attached hydrogens (primary N) is 1. The van der Waals surface area contributed by atoms with Crippen LogP contribution in [0.25, 0.3) is 0 Å². The van der Waals surface area contributed by atoms with Crippen molar-refractivity contribution in [2.45, 2.75) is 44.8 Å². The predicted molar refractivity (Wildman–Crippen MR) is 85.0 cm³/mol. The van der Waals surface area contributed by atoms with Gasteiger partial charge in [-0.1, -0.05) is 20.3 Å². The lowest BCUT2D eigenvalue weighted by atomic mass is 9.97. The van der Waals surface area contributed by atoms with Gasteiger partial charge >= 0.3 is 11.9 Å². The van der Waals surface area contributed by atoms with E-state index >= 15 is 0 Å². The van der Waals surface area contributed by atoms with Crippen LogP contribution in [0.4, 0.5) is 0 Å². The molecule has 0 aromatic rings. The summed E-state index contributed by atoms with van der Waals surface area (Å²) in [5.41, 5.74) is 5.45. The van der Waals surface area contributed by atoms with Crippen LogP contribution in [0.15, 0.2) is 0 Å². The summed E-state index contributed by atoms with van der Waals surface area (Å²) in [7, 11) is 0. The molecule has 0 fully saturated rings. The fourth-order valence-electron chi connectivity index (χ4n) is 1.69. The maximum absolute atomic E-state index is 12.2. The maximum atomic E-state index is 12.2. The monoisotopic (exact) mass is 349 g/mol. The number of carboxylic acid groups (broad SMARTS) is 2. The van der Waals surface area contributed by atoms with Crippen molar-refractivity contribution in [3.8, 4) is 0 Å². The number of aliphatic carboxylic acids is 2. The molecule has 0 saturated carbocycles. The SMILES string of the molecule is CC[C@H](C)[C@H](NC(=O)[C@@H](N)CC(=O)O)C(=O)N[C@@H](CS)C(=O)O. The maximum Gasteiger partial charge on any atom is 0.327 e. The summed E-state index contributed by atoms with van der Waals surface area (Å²) in [5, 5.41) is 22.2. The minimum absolute atomic E-state index is 0.110. The average Bonchev–Trinajstić information content (AvgIpc) is 2.47. The summed E-state index contributed by atoms with van der Waals surface area (Å²) < 4.78 is 0. The molecule has 0 aliphatic carbocycles. The molecule has 0 aromatic heterocycles. The highest BCUT2D eigenvalue weighted by atomic mass is 32.1. The van der Waals surface area contributed by atoms with Crippen molar-refractivity contribution >= 4 is 36.4 Å². The molecule has 10 heteroatoms. The van der Waals surface area contributed by atoms with Crippen LogP contribution in [0.2, 0.25) is 0 Å². The van der Waals surface area contributed by atoms with Gasteiger partial charge in [0.15, 0.2) is 0 Å². The average molecular weight is 349 g/mol. The van der Waals surface area contributed by atoms with Gasteiger partial charge in [-0.25, -0.2) is 4.79 Å². The molecule has 0 bridgehead atoms. The van der Waals surface area contributed by atoms with Crippen LogP contribution in [-0.4, -0.2) is 57.8 Å². The van der Waals surface area contributed by atoms with Crippen molar-refractivity contribution < 1.29 is 29.4 Å². The van der Waals surface area contributed by atoms with Crippen LogP contribution in [0.1, 0.15) is 26.7 Å². The first-order valence-corrected chi connectivity index (χ1v) is 7.69. The molecule has 0 heterocycles. The van der Waals surface area contributed by atoms with Crippen molar-refractivity contribution in [3.63, 3.8) is 0 Å². The van der Waals surface area contributed by atoms with Gasteiger partial charge in [0, 0.05) is 5.75 Å². The summed E-state index contributed by atoms with van der Waals surface area (Å²) in [4.78, 5) is 45.6. The van der Waals surface area contributed by atoms with Crippen molar-refractivity contribution in [3.05, 3.63) is 0 Å². The first-order chi connectivity index (χ1) is 10.6. The van der Waals surface area contributed by atoms with E-state index in [0.717, 1.165) is 0 Å². The lowest BCUT2D eigenvalue weighted by Crippen LogP contribution is -2.57. The second kappa shape index (κ2) is 10.1. The Balaban J connectivity index is 5.00. The van der Waals surface area contributed by atoms with Crippen molar-refractivity contribution in [1.82, 2.24) is 10.6 Å². The van der Waals surface area contributed by atoms with E-state index in [0.29, 0.717) is 6.42 Å². The van der Waals surface area contributed by atoms with Gasteiger partial charge in [0.1, 0.15) is 12.1 Å². The molecule has 0 aliphatic heterocycles. The Bertz CT molecular complexity index is 459. The van der Waals surface area contributed by atoms with E-state index in [9.17, 15) is 19.2 Å². The fraction of sp³-hybridized carbons (Fsp3) is 0.692. The van der Waals surface area contributed by atoms with Crippen LogP contribution in [0, 0.1) is 5.92 Å². The van der Waals surface area contributed by atoms with Crippen LogP contribution in [-0.2, 0) is 19.2 Å². The number of hydrogen-bond donors (Lipinski definition) is 6. The molecular weight excluding hydrogens is 326 g/mol. The molecular formula is C13H23N3O6S. The first-order valence-electron chi connectivity index (χ1n) is 7.05. The van der Waals surface area contributed by atoms with Crippen molar-refractivity contribution in [2.75, 3.05) is 5.75 Å². The lowest BCUT2D eigenvalue weighted by molar-refractivity contribution is -0.142. The molecule has 9 nitrogen and oxygen atoms in total. The van der Waals surface area contributed by atoms with Crippen molar-refractivity contribution in [2.24, 2.45) is 11.7 Å². The Morgan fingerprint density at radius 1 is 1.13 bits per heavy atom. The standard InChI is InChI=1S/C13H23N3O6S/c1-3-6(2)10(12(20)15-8(5-23)13(21)22)16-11(19)7(14)4-9(17)18/h6-8,10,23H,3-5,14H2,1-2H3,(H,15,20)(H,16,19)(H,17,18)(H,21,22)/t6-,7-,8-,10-/m0/s1. The van der Waals surface area contributed by atoms with Gasteiger partial charge in [0.25, 0.3) is 0 Å². The van der Waals surface area contributed by atoms with E-state index in [4.69, 9.17) is 15.9 Å². The molecule has 2 amide bonds. The van der Waals surface area contributed by atoms with Gasteiger partial charge in [-0.05, 0) is 5.92 Å². The van der Waals surface area contributed by atoms with Crippen LogP contribution in [0.5, 0.6) is 0 Å². The number of nitrogens with one attached hydrogen (secondary N) is 2. The lowest BCUT2D eigenvalue weighted by Gasteiger charge is -2.26. The zero-order valence-electron chi connectivity index (χ0n) is 13.0. The molecule has 0 spiro atoms. The minimum Gasteiger partial charge on any atom is -0.481 e. The molecule has 0 radical (unpaired) electrons. The molecule has 0 rings (SSSR count). The highest BCUT2D eigenvalue weighted by molar-refractivity contribution is 7.80. The number of thiol groups is 1. The van der Waals surface area contributed by atoms with Crippen LogP contribution >= 0.6 is 12.6 Å². The Hall–Kier alpha value is -1.81. The molecule has 132 valence electrons. The second-order valence-corrected chi connectivity index (χ2v) is 5.52. The molecule has 4 atom stereocenters. The zero-order chi connectivity index (χ0) is 18.2. The third-order valence-electron chi connectivity index (χ3n) is 3.32. The van der Waals surface area contributed by atoms with Gasteiger partial charge in [-0.15, -0.1) is 0 Å². The largest absolute Gasteiger partial charge is 0.481 e. The third-order valence-corrected chi connectivity index (χ3v) is 3.69. The van der Waals surface area contributed by atoms with E-state index in [1.165, 1.54) is 0 Å².